The second kappa shape index (κ2) is 5.91. The van der Waals surface area contributed by atoms with Gasteiger partial charge < -0.3 is 24.5 Å². The van der Waals surface area contributed by atoms with Crippen LogP contribution in [-0.4, -0.2) is 52.8 Å². The molecule has 2 rings (SSSR count). The Labute approximate surface area is 115 Å². The number of hydrogen-bond acceptors (Lipinski definition) is 5. The number of aryl methyl sites for hydroxylation is 1. The number of amides is 2. The molecule has 2 N–H and O–H groups in total. The Morgan fingerprint density at radius 3 is 2.95 bits per heavy atom. The molecular formula is C12H17N3O5. The number of carbonyl (C=O) groups is 2. The standard InChI is InChI=1S/C12H17N3O5/c1-7-4-13-10(20-7)5-14-12(18)15-6-8(19-2)3-9(15)11(16)17/h4,8-9H,3,5-6H2,1-2H3,(H,14,18)(H,16,17). The molecule has 2 atom stereocenters. The van der Waals surface area contributed by atoms with Gasteiger partial charge in [0.05, 0.1) is 18.8 Å². The molecule has 0 spiro atoms. The summed E-state index contributed by atoms with van der Waals surface area (Å²) in [5.41, 5.74) is 0. The zero-order valence-corrected chi connectivity index (χ0v) is 11.3. The fourth-order valence-electron chi connectivity index (χ4n) is 2.16. The van der Waals surface area contributed by atoms with E-state index < -0.39 is 18.0 Å². The third kappa shape index (κ3) is 3.08. The summed E-state index contributed by atoms with van der Waals surface area (Å²) in [5, 5.41) is 11.7. The van der Waals surface area contributed by atoms with Gasteiger partial charge in [0.25, 0.3) is 0 Å². The van der Waals surface area contributed by atoms with Crippen molar-refractivity contribution in [1.82, 2.24) is 15.2 Å². The minimum absolute atomic E-state index is 0.118. The van der Waals surface area contributed by atoms with Crippen molar-refractivity contribution in [1.29, 1.82) is 0 Å². The lowest BCUT2D eigenvalue weighted by atomic mass is 10.2. The van der Waals surface area contributed by atoms with Crippen LogP contribution in [0.2, 0.25) is 0 Å². The van der Waals surface area contributed by atoms with Crippen molar-refractivity contribution >= 4 is 12.0 Å². The lowest BCUT2D eigenvalue weighted by Gasteiger charge is -2.21. The molecule has 0 saturated carbocycles. The van der Waals surface area contributed by atoms with E-state index in [0.717, 1.165) is 0 Å². The van der Waals surface area contributed by atoms with Gasteiger partial charge in [0.15, 0.2) is 0 Å². The Hall–Kier alpha value is -2.09. The summed E-state index contributed by atoms with van der Waals surface area (Å²) in [7, 11) is 1.50. The number of aliphatic carboxylic acids is 1. The number of hydrogen-bond donors (Lipinski definition) is 2. The van der Waals surface area contributed by atoms with Crippen LogP contribution in [-0.2, 0) is 16.1 Å². The topological polar surface area (TPSA) is 105 Å². The minimum atomic E-state index is -1.04. The van der Waals surface area contributed by atoms with Crippen molar-refractivity contribution in [3.05, 3.63) is 17.8 Å². The lowest BCUT2D eigenvalue weighted by molar-refractivity contribution is -0.141. The van der Waals surface area contributed by atoms with E-state index in [1.807, 2.05) is 0 Å². The summed E-state index contributed by atoms with van der Waals surface area (Å²) in [6.45, 7) is 2.12. The van der Waals surface area contributed by atoms with Crippen molar-refractivity contribution in [2.75, 3.05) is 13.7 Å². The molecule has 8 heteroatoms. The van der Waals surface area contributed by atoms with Crippen LogP contribution in [0.25, 0.3) is 0 Å². The van der Waals surface area contributed by atoms with Crippen LogP contribution in [0, 0.1) is 6.92 Å². The molecule has 1 aliphatic heterocycles. The maximum absolute atomic E-state index is 12.0. The van der Waals surface area contributed by atoms with Gasteiger partial charge in [0.1, 0.15) is 11.8 Å². The highest BCUT2D eigenvalue weighted by molar-refractivity contribution is 5.83. The van der Waals surface area contributed by atoms with Crippen molar-refractivity contribution in [3.63, 3.8) is 0 Å². The molecular weight excluding hydrogens is 266 g/mol. The fourth-order valence-corrected chi connectivity index (χ4v) is 2.16. The van der Waals surface area contributed by atoms with Gasteiger partial charge in [0.2, 0.25) is 5.89 Å². The average Bonchev–Trinajstić information content (AvgIpc) is 3.02. The van der Waals surface area contributed by atoms with Crippen molar-refractivity contribution in [3.8, 4) is 0 Å². The predicted octanol–water partition coefficient (Wildman–Crippen LogP) is 0.367. The van der Waals surface area contributed by atoms with Gasteiger partial charge in [-0.1, -0.05) is 0 Å². The monoisotopic (exact) mass is 283 g/mol. The third-order valence-electron chi connectivity index (χ3n) is 3.20. The number of aromatic nitrogens is 1. The molecule has 1 aromatic rings. The Morgan fingerprint density at radius 1 is 1.65 bits per heavy atom. The van der Waals surface area contributed by atoms with Crippen LogP contribution in [0.5, 0.6) is 0 Å². The largest absolute Gasteiger partial charge is 0.480 e. The number of urea groups is 1. The van der Waals surface area contributed by atoms with Gasteiger partial charge in [-0.15, -0.1) is 0 Å². The first kappa shape index (κ1) is 14.3. The van der Waals surface area contributed by atoms with Crippen molar-refractivity contribution in [2.24, 2.45) is 0 Å². The maximum Gasteiger partial charge on any atom is 0.326 e. The number of carboxylic acid groups (broad SMARTS) is 1. The van der Waals surface area contributed by atoms with Crippen molar-refractivity contribution in [2.45, 2.75) is 32.0 Å². The van der Waals surface area contributed by atoms with E-state index in [9.17, 15) is 9.59 Å². The highest BCUT2D eigenvalue weighted by Gasteiger charge is 2.39. The lowest BCUT2D eigenvalue weighted by Crippen LogP contribution is -2.46. The number of methoxy groups -OCH3 is 1. The number of likely N-dealkylation sites (tertiary alicyclic amines) is 1. The first-order valence-corrected chi connectivity index (χ1v) is 6.22. The number of nitrogens with one attached hydrogen (secondary N) is 1. The first-order chi connectivity index (χ1) is 9.51. The van der Waals surface area contributed by atoms with Crippen LogP contribution >= 0.6 is 0 Å². The maximum atomic E-state index is 12.0. The summed E-state index contributed by atoms with van der Waals surface area (Å²) in [4.78, 5) is 28.4. The van der Waals surface area contributed by atoms with Crippen LogP contribution in [0.1, 0.15) is 18.1 Å². The molecule has 1 fully saturated rings. The van der Waals surface area contributed by atoms with E-state index in [2.05, 4.69) is 10.3 Å². The Bertz CT molecular complexity index is 501. The Morgan fingerprint density at radius 2 is 2.40 bits per heavy atom. The third-order valence-corrected chi connectivity index (χ3v) is 3.20. The molecule has 110 valence electrons. The van der Waals surface area contributed by atoms with Crippen LogP contribution < -0.4 is 5.32 Å². The van der Waals surface area contributed by atoms with E-state index in [0.29, 0.717) is 11.7 Å². The highest BCUT2D eigenvalue weighted by Crippen LogP contribution is 2.20. The van der Waals surface area contributed by atoms with Gasteiger partial charge in [-0.3, -0.25) is 0 Å². The highest BCUT2D eigenvalue weighted by atomic mass is 16.5. The zero-order chi connectivity index (χ0) is 14.7. The summed E-state index contributed by atoms with van der Waals surface area (Å²) in [5.74, 6) is -0.00448. The molecule has 0 bridgehead atoms. The van der Waals surface area contributed by atoms with E-state index in [4.69, 9.17) is 14.3 Å². The van der Waals surface area contributed by atoms with Gasteiger partial charge in [-0.25, -0.2) is 14.6 Å². The molecule has 2 unspecified atom stereocenters. The van der Waals surface area contributed by atoms with E-state index >= 15 is 0 Å². The van der Waals surface area contributed by atoms with Crippen LogP contribution in [0.15, 0.2) is 10.6 Å². The molecule has 0 aromatic carbocycles. The van der Waals surface area contributed by atoms with Gasteiger partial charge >= 0.3 is 12.0 Å². The second-order valence-electron chi connectivity index (χ2n) is 4.62. The SMILES string of the molecule is COC1CC(C(=O)O)N(C(=O)NCc2ncc(C)o2)C1. The smallest absolute Gasteiger partial charge is 0.326 e. The van der Waals surface area contributed by atoms with Crippen LogP contribution in [0.4, 0.5) is 4.79 Å². The summed E-state index contributed by atoms with van der Waals surface area (Å²) in [6, 6.07) is -1.33. The van der Waals surface area contributed by atoms with Gasteiger partial charge in [-0.05, 0) is 6.92 Å². The number of rotatable bonds is 4. The van der Waals surface area contributed by atoms with Gasteiger partial charge in [-0.2, -0.15) is 0 Å². The molecule has 0 radical (unpaired) electrons. The summed E-state index contributed by atoms with van der Waals surface area (Å²) < 4.78 is 10.3. The number of carbonyl (C=O) groups excluding carboxylic acids is 1. The molecule has 1 aromatic heterocycles. The molecule has 0 aliphatic carbocycles. The van der Waals surface area contributed by atoms with Crippen LogP contribution in [0.3, 0.4) is 0 Å². The van der Waals surface area contributed by atoms with E-state index in [1.165, 1.54) is 12.0 Å². The number of ether oxygens (including phenoxy) is 1. The Balaban J connectivity index is 1.95. The minimum Gasteiger partial charge on any atom is -0.480 e. The molecule has 1 aliphatic rings. The number of oxazole rings is 1. The molecule has 1 saturated heterocycles. The first-order valence-electron chi connectivity index (χ1n) is 6.22. The Kier molecular flexibility index (Phi) is 4.23. The molecule has 20 heavy (non-hydrogen) atoms. The average molecular weight is 283 g/mol. The number of nitrogens with zero attached hydrogens (tertiary/aromatic N) is 2. The van der Waals surface area contributed by atoms with E-state index in [-0.39, 0.29) is 25.6 Å². The predicted molar refractivity (Wildman–Crippen MR) is 67.0 cm³/mol. The molecule has 8 nitrogen and oxygen atoms in total. The van der Waals surface area contributed by atoms with Crippen molar-refractivity contribution < 1.29 is 23.8 Å². The summed E-state index contributed by atoms with van der Waals surface area (Å²) in [6.07, 6.45) is 1.58. The molecule has 2 heterocycles. The number of carboxylic acids is 1. The van der Waals surface area contributed by atoms with E-state index in [1.54, 1.807) is 13.1 Å². The normalized spacial score (nSPS) is 22.0. The van der Waals surface area contributed by atoms with Gasteiger partial charge in [0, 0.05) is 20.1 Å². The quantitative estimate of drug-likeness (QED) is 0.827. The molecule has 2 amide bonds. The summed E-state index contributed by atoms with van der Waals surface area (Å²) >= 11 is 0. The fraction of sp³-hybridized carbons (Fsp3) is 0.583. The second-order valence-corrected chi connectivity index (χ2v) is 4.62. The zero-order valence-electron chi connectivity index (χ0n) is 11.3.